The van der Waals surface area contributed by atoms with E-state index in [1.165, 1.54) is 0 Å². The lowest BCUT2D eigenvalue weighted by Gasteiger charge is -2.05. The Morgan fingerprint density at radius 3 is 1.71 bits per heavy atom. The van der Waals surface area contributed by atoms with Gasteiger partial charge in [-0.05, 0) is 5.92 Å². The van der Waals surface area contributed by atoms with Gasteiger partial charge in [0.1, 0.15) is 0 Å². The first-order chi connectivity index (χ1) is 4.02. The summed E-state index contributed by atoms with van der Waals surface area (Å²) in [5.74, 6) is 0.234. The molecular weight excluding hydrogens is 84.1 g/mol. The summed E-state index contributed by atoms with van der Waals surface area (Å²) in [4.78, 5) is 0. The predicted octanol–water partition coefficient (Wildman–Crippen LogP) is 2.83. The molecule has 0 rings (SSSR count). The average Bonchev–Trinajstić information content (AvgIpc) is 1.65. The highest BCUT2D eigenvalue weighted by Crippen LogP contribution is 2.09. The van der Waals surface area contributed by atoms with E-state index < -0.39 is 6.37 Å². The van der Waals surface area contributed by atoms with Crippen LogP contribution in [0.1, 0.15) is 42.7 Å². The molecule has 0 atom stereocenters. The maximum absolute atomic E-state index is 7.36. The van der Waals surface area contributed by atoms with Gasteiger partial charge in [-0.15, -0.1) is 0 Å². The Bertz CT molecular complexity index is 69.5. The van der Waals surface area contributed by atoms with Gasteiger partial charge in [-0.25, -0.2) is 0 Å². The Labute approximate surface area is 49.7 Å². The van der Waals surface area contributed by atoms with E-state index in [4.69, 9.17) is 2.74 Å². The standard InChI is InChI=1S/C7H16/c1-4-7(5-2)6-3/h7H,4-6H2,1-3H3/i4D2. The quantitative estimate of drug-likeness (QED) is 0.514. The van der Waals surface area contributed by atoms with Crippen LogP contribution in [0.2, 0.25) is 0 Å². The average molecular weight is 102 g/mol. The summed E-state index contributed by atoms with van der Waals surface area (Å²) in [5.41, 5.74) is 0. The van der Waals surface area contributed by atoms with E-state index in [0.717, 1.165) is 12.8 Å². The van der Waals surface area contributed by atoms with Gasteiger partial charge in [0.2, 0.25) is 0 Å². The number of rotatable bonds is 3. The van der Waals surface area contributed by atoms with Gasteiger partial charge in [-0.1, -0.05) is 40.0 Å². The van der Waals surface area contributed by atoms with Crippen LogP contribution in [0.25, 0.3) is 0 Å². The fourth-order valence-electron chi connectivity index (χ4n) is 0.697. The van der Waals surface area contributed by atoms with Gasteiger partial charge >= 0.3 is 0 Å². The van der Waals surface area contributed by atoms with E-state index in [-0.39, 0.29) is 5.92 Å². The highest BCUT2D eigenvalue weighted by Gasteiger charge is 1.95. The molecule has 0 N–H and O–H groups in total. The molecule has 0 radical (unpaired) electrons. The lowest BCUT2D eigenvalue weighted by molar-refractivity contribution is 0.477. The van der Waals surface area contributed by atoms with Crippen molar-refractivity contribution in [1.29, 1.82) is 0 Å². The van der Waals surface area contributed by atoms with Crippen LogP contribution in [0.5, 0.6) is 0 Å². The van der Waals surface area contributed by atoms with Gasteiger partial charge < -0.3 is 0 Å². The Hall–Kier alpha value is 0. The molecule has 0 amide bonds. The number of hydrogen-bond donors (Lipinski definition) is 0. The Kier molecular flexibility index (Phi) is 2.34. The topological polar surface area (TPSA) is 0 Å². The molecule has 0 heteroatoms. The van der Waals surface area contributed by atoms with Crippen LogP contribution in [0, 0.1) is 5.92 Å². The summed E-state index contributed by atoms with van der Waals surface area (Å²) in [7, 11) is 0. The normalized spacial score (nSPS) is 16.6. The van der Waals surface area contributed by atoms with Crippen molar-refractivity contribution in [3.05, 3.63) is 0 Å². The van der Waals surface area contributed by atoms with Gasteiger partial charge in [0.25, 0.3) is 0 Å². The van der Waals surface area contributed by atoms with E-state index in [2.05, 4.69) is 0 Å². The summed E-state index contributed by atoms with van der Waals surface area (Å²) in [6.07, 6.45) is 0.906. The summed E-state index contributed by atoms with van der Waals surface area (Å²) in [6, 6.07) is 0. The van der Waals surface area contributed by atoms with Crippen LogP contribution in [0.15, 0.2) is 0 Å². The highest BCUT2D eigenvalue weighted by molar-refractivity contribution is 4.48. The lowest BCUT2D eigenvalue weighted by atomic mass is 10.0. The molecule has 0 aliphatic heterocycles. The zero-order valence-electron chi connectivity index (χ0n) is 7.49. The SMILES string of the molecule is [2H]C([2H])(C)C(CC)CC. The minimum atomic E-state index is -0.983. The third-order valence-corrected chi connectivity index (χ3v) is 1.39. The fourth-order valence-corrected chi connectivity index (χ4v) is 0.697. The first-order valence-corrected chi connectivity index (χ1v) is 3.02. The van der Waals surface area contributed by atoms with Gasteiger partial charge in [0.05, 0.1) is 0 Å². The molecule has 7 heavy (non-hydrogen) atoms. The third-order valence-electron chi connectivity index (χ3n) is 1.39. The minimum absolute atomic E-state index is 0.234. The van der Waals surface area contributed by atoms with Gasteiger partial charge in [0.15, 0.2) is 0 Å². The van der Waals surface area contributed by atoms with Crippen LogP contribution >= 0.6 is 0 Å². The molecule has 0 aromatic heterocycles. The van der Waals surface area contributed by atoms with Gasteiger partial charge in [-0.3, -0.25) is 0 Å². The second-order valence-electron chi connectivity index (χ2n) is 1.80. The summed E-state index contributed by atoms with van der Waals surface area (Å²) < 4.78 is 14.7. The van der Waals surface area contributed by atoms with Crippen molar-refractivity contribution >= 4 is 0 Å². The van der Waals surface area contributed by atoms with Crippen molar-refractivity contribution in [2.45, 2.75) is 40.0 Å². The molecule has 0 saturated heterocycles. The summed E-state index contributed by atoms with van der Waals surface area (Å²) in [5, 5.41) is 0. The van der Waals surface area contributed by atoms with Crippen molar-refractivity contribution in [2.75, 3.05) is 0 Å². The second-order valence-corrected chi connectivity index (χ2v) is 1.80. The van der Waals surface area contributed by atoms with E-state index >= 15 is 0 Å². The van der Waals surface area contributed by atoms with Crippen LogP contribution in [-0.4, -0.2) is 0 Å². The molecule has 0 fully saturated rings. The van der Waals surface area contributed by atoms with Crippen molar-refractivity contribution < 1.29 is 2.74 Å². The minimum Gasteiger partial charge on any atom is -0.0651 e. The van der Waals surface area contributed by atoms with E-state index in [1.807, 2.05) is 13.8 Å². The monoisotopic (exact) mass is 102 g/mol. The lowest BCUT2D eigenvalue weighted by Crippen LogP contribution is -1.91. The Balaban J connectivity index is 3.79. The molecule has 0 nitrogen and oxygen atoms in total. The second kappa shape index (κ2) is 4.17. The van der Waals surface area contributed by atoms with Crippen LogP contribution in [0.4, 0.5) is 0 Å². The molecule has 0 unspecified atom stereocenters. The van der Waals surface area contributed by atoms with Crippen molar-refractivity contribution in [3.63, 3.8) is 0 Å². The Morgan fingerprint density at radius 2 is 1.71 bits per heavy atom. The smallest absolute Gasteiger partial charge is 0.0267 e. The molecule has 0 saturated carbocycles. The van der Waals surface area contributed by atoms with Gasteiger partial charge in [0, 0.05) is 2.74 Å². The molecule has 0 aliphatic carbocycles. The third kappa shape index (κ3) is 2.67. The zero-order chi connectivity index (χ0) is 7.49. The molecule has 0 heterocycles. The maximum Gasteiger partial charge on any atom is 0.0267 e. The fraction of sp³-hybridized carbons (Fsp3) is 1.00. The van der Waals surface area contributed by atoms with Crippen molar-refractivity contribution in [1.82, 2.24) is 0 Å². The Morgan fingerprint density at radius 1 is 1.29 bits per heavy atom. The van der Waals surface area contributed by atoms with Crippen LogP contribution in [-0.2, 0) is 0 Å². The number of hydrogen-bond acceptors (Lipinski definition) is 0. The molecule has 44 valence electrons. The van der Waals surface area contributed by atoms with Crippen molar-refractivity contribution in [2.24, 2.45) is 5.92 Å². The molecule has 0 spiro atoms. The summed E-state index contributed by atoms with van der Waals surface area (Å²) >= 11 is 0. The largest absolute Gasteiger partial charge is 0.0651 e. The molecule has 0 aromatic rings. The van der Waals surface area contributed by atoms with Crippen molar-refractivity contribution in [3.8, 4) is 0 Å². The molecule has 0 aliphatic rings. The predicted molar refractivity (Wildman–Crippen MR) is 34.4 cm³/mol. The molecule has 0 bridgehead atoms. The first-order valence-electron chi connectivity index (χ1n) is 4.02. The molecular formula is C7H16. The van der Waals surface area contributed by atoms with E-state index in [9.17, 15) is 0 Å². The van der Waals surface area contributed by atoms with Crippen LogP contribution in [0.3, 0.4) is 0 Å². The highest BCUT2D eigenvalue weighted by atomic mass is 14.0. The first kappa shape index (κ1) is 3.94. The van der Waals surface area contributed by atoms with E-state index in [1.54, 1.807) is 6.92 Å². The van der Waals surface area contributed by atoms with Gasteiger partial charge in [-0.2, -0.15) is 0 Å². The summed E-state index contributed by atoms with van der Waals surface area (Å²) in [6.45, 7) is 5.73. The maximum atomic E-state index is 7.36. The van der Waals surface area contributed by atoms with E-state index in [0.29, 0.717) is 0 Å². The van der Waals surface area contributed by atoms with Crippen LogP contribution < -0.4 is 0 Å². The zero-order valence-corrected chi connectivity index (χ0v) is 5.49. The molecule has 0 aromatic carbocycles.